The van der Waals surface area contributed by atoms with E-state index in [-0.39, 0.29) is 22.9 Å². The molecule has 2 nitrogen and oxygen atoms in total. The summed E-state index contributed by atoms with van der Waals surface area (Å²) in [5.41, 5.74) is 1.31. The molecule has 3 heteroatoms. The van der Waals surface area contributed by atoms with Crippen LogP contribution in [0.3, 0.4) is 0 Å². The summed E-state index contributed by atoms with van der Waals surface area (Å²) in [5, 5.41) is 0. The second-order valence-electron chi connectivity index (χ2n) is 7.50. The Morgan fingerprint density at radius 2 is 1.75 bits per heavy atom. The molecule has 1 unspecified atom stereocenters. The predicted molar refractivity (Wildman–Crippen MR) is 90.6 cm³/mol. The number of allylic oxidation sites excluding steroid dienone is 2. The highest BCUT2D eigenvalue weighted by Crippen LogP contribution is 2.30. The van der Waals surface area contributed by atoms with Gasteiger partial charge in [-0.25, -0.2) is 0 Å². The Bertz CT molecular complexity index is 356. The maximum Gasteiger partial charge on any atom is 0.124 e. The molecule has 0 aliphatic heterocycles. The van der Waals surface area contributed by atoms with Crippen molar-refractivity contribution < 1.29 is 9.32 Å². The first-order valence-corrected chi connectivity index (χ1v) is 7.68. The summed E-state index contributed by atoms with van der Waals surface area (Å²) in [6.45, 7) is 15.0. The zero-order chi connectivity index (χ0) is 16.0. The smallest absolute Gasteiger partial charge is 0.124 e. The standard InChI is InChI=1S/C17H31O2P/c1-13(12-14(9-11-18)17(5,6)7)15(19-20)8-10-16(2,3)4/h8,10-13,15H,9,20H2,1-7H3/b10-8+,14-12+/t13-,15+/m1/s1. The van der Waals surface area contributed by atoms with Gasteiger partial charge in [0, 0.05) is 21.8 Å². The van der Waals surface area contributed by atoms with Gasteiger partial charge in [-0.15, -0.1) is 0 Å². The fraction of sp³-hybridized carbons (Fsp3) is 0.706. The lowest BCUT2D eigenvalue weighted by molar-refractivity contribution is -0.107. The van der Waals surface area contributed by atoms with Gasteiger partial charge in [-0.3, -0.25) is 0 Å². The van der Waals surface area contributed by atoms with E-state index in [1.807, 2.05) is 0 Å². The van der Waals surface area contributed by atoms with Crippen LogP contribution in [-0.2, 0) is 9.32 Å². The molecule has 0 aromatic carbocycles. The van der Waals surface area contributed by atoms with Gasteiger partial charge >= 0.3 is 0 Å². The molecule has 116 valence electrons. The molecule has 0 saturated heterocycles. The molecular formula is C17H31O2P. The number of hydrogen-bond acceptors (Lipinski definition) is 2. The summed E-state index contributed by atoms with van der Waals surface area (Å²) in [6.07, 6.45) is 7.92. The Morgan fingerprint density at radius 3 is 2.10 bits per heavy atom. The van der Waals surface area contributed by atoms with Gasteiger partial charge in [0.25, 0.3) is 0 Å². The van der Waals surface area contributed by atoms with E-state index >= 15 is 0 Å². The van der Waals surface area contributed by atoms with Crippen LogP contribution >= 0.6 is 9.47 Å². The third-order valence-corrected chi connectivity index (χ3v) is 3.51. The van der Waals surface area contributed by atoms with Crippen molar-refractivity contribution in [1.29, 1.82) is 0 Å². The van der Waals surface area contributed by atoms with Gasteiger partial charge in [-0.2, -0.15) is 0 Å². The first-order chi connectivity index (χ1) is 9.01. The molecule has 20 heavy (non-hydrogen) atoms. The Morgan fingerprint density at radius 1 is 1.20 bits per heavy atom. The highest BCUT2D eigenvalue weighted by atomic mass is 31.0. The molecule has 0 aromatic rings. The minimum atomic E-state index is 0.00299. The Kier molecular flexibility index (Phi) is 7.91. The summed E-state index contributed by atoms with van der Waals surface area (Å²) in [5.74, 6) is 0.222. The molecule has 0 heterocycles. The summed E-state index contributed by atoms with van der Waals surface area (Å²) < 4.78 is 5.50. The summed E-state index contributed by atoms with van der Waals surface area (Å²) in [6, 6.07) is 0. The van der Waals surface area contributed by atoms with E-state index in [1.165, 1.54) is 0 Å². The Labute approximate surface area is 127 Å². The highest BCUT2D eigenvalue weighted by molar-refractivity contribution is 7.09. The van der Waals surface area contributed by atoms with Gasteiger partial charge in [0.15, 0.2) is 0 Å². The lowest BCUT2D eigenvalue weighted by Crippen LogP contribution is -2.18. The molecule has 0 aliphatic rings. The quantitative estimate of drug-likeness (QED) is 0.393. The van der Waals surface area contributed by atoms with Crippen molar-refractivity contribution in [3.8, 4) is 0 Å². The number of carbonyl (C=O) groups excluding carboxylic acids is 1. The molecular weight excluding hydrogens is 267 g/mol. The average molecular weight is 298 g/mol. The molecule has 0 amide bonds. The molecule has 0 bridgehead atoms. The van der Waals surface area contributed by atoms with Crippen LogP contribution in [0.25, 0.3) is 0 Å². The van der Waals surface area contributed by atoms with Crippen LogP contribution in [0, 0.1) is 16.7 Å². The first kappa shape index (κ1) is 19.5. The van der Waals surface area contributed by atoms with E-state index in [0.29, 0.717) is 6.42 Å². The molecule has 0 N–H and O–H groups in total. The molecule has 0 rings (SSSR count). The van der Waals surface area contributed by atoms with E-state index in [2.05, 4.69) is 76.2 Å². The van der Waals surface area contributed by atoms with Crippen molar-refractivity contribution in [1.82, 2.24) is 0 Å². The van der Waals surface area contributed by atoms with Crippen LogP contribution in [-0.4, -0.2) is 12.4 Å². The third kappa shape index (κ3) is 7.97. The van der Waals surface area contributed by atoms with E-state index in [4.69, 9.17) is 4.52 Å². The van der Waals surface area contributed by atoms with Crippen molar-refractivity contribution in [2.75, 3.05) is 0 Å². The third-order valence-electron chi connectivity index (χ3n) is 3.19. The van der Waals surface area contributed by atoms with Gasteiger partial charge in [0.05, 0.1) is 6.10 Å². The highest BCUT2D eigenvalue weighted by Gasteiger charge is 2.20. The minimum absolute atomic E-state index is 0.00299. The SMILES string of the molecule is C[C@H](/C=C(\CC=O)C(C)(C)C)[C@H](/C=C/C(C)(C)C)OP. The van der Waals surface area contributed by atoms with Crippen molar-refractivity contribution in [2.24, 2.45) is 16.7 Å². The van der Waals surface area contributed by atoms with Crippen LogP contribution in [0.2, 0.25) is 0 Å². The van der Waals surface area contributed by atoms with Crippen LogP contribution in [0.15, 0.2) is 23.8 Å². The molecule has 0 saturated carbocycles. The van der Waals surface area contributed by atoms with Crippen LogP contribution in [0.1, 0.15) is 54.9 Å². The zero-order valence-corrected chi connectivity index (χ0v) is 15.2. The normalized spacial score (nSPS) is 17.3. The minimum Gasteiger partial charge on any atom is -0.358 e. The molecule has 0 aromatic heterocycles. The van der Waals surface area contributed by atoms with E-state index < -0.39 is 0 Å². The van der Waals surface area contributed by atoms with E-state index in [9.17, 15) is 4.79 Å². The summed E-state index contributed by atoms with van der Waals surface area (Å²) >= 11 is 0. The Hall–Kier alpha value is -0.460. The zero-order valence-electron chi connectivity index (χ0n) is 14.1. The fourth-order valence-corrected chi connectivity index (χ4v) is 2.19. The molecule has 0 aliphatic carbocycles. The average Bonchev–Trinajstić information content (AvgIpc) is 2.26. The van der Waals surface area contributed by atoms with Crippen LogP contribution in [0.5, 0.6) is 0 Å². The second-order valence-corrected chi connectivity index (χ2v) is 7.77. The van der Waals surface area contributed by atoms with Gasteiger partial charge in [-0.1, -0.05) is 72.3 Å². The van der Waals surface area contributed by atoms with Crippen LogP contribution < -0.4 is 0 Å². The molecule has 0 fully saturated rings. The van der Waals surface area contributed by atoms with Gasteiger partial charge < -0.3 is 9.32 Å². The van der Waals surface area contributed by atoms with E-state index in [0.717, 1.165) is 11.9 Å². The number of aldehydes is 1. The van der Waals surface area contributed by atoms with Crippen molar-refractivity contribution in [2.45, 2.75) is 61.0 Å². The summed E-state index contributed by atoms with van der Waals surface area (Å²) in [7, 11) is 2.35. The molecule has 0 spiro atoms. The number of hydrogen-bond donors (Lipinski definition) is 0. The monoisotopic (exact) mass is 298 g/mol. The topological polar surface area (TPSA) is 26.3 Å². The lowest BCUT2D eigenvalue weighted by atomic mass is 9.82. The maximum atomic E-state index is 10.8. The van der Waals surface area contributed by atoms with Gasteiger partial charge in [-0.05, 0) is 10.8 Å². The maximum absolute atomic E-state index is 10.8. The van der Waals surface area contributed by atoms with Crippen LogP contribution in [0.4, 0.5) is 0 Å². The lowest BCUT2D eigenvalue weighted by Gasteiger charge is -2.25. The number of carbonyl (C=O) groups is 1. The second kappa shape index (κ2) is 8.10. The fourth-order valence-electron chi connectivity index (χ4n) is 1.85. The van der Waals surface area contributed by atoms with Crippen molar-refractivity contribution in [3.05, 3.63) is 23.8 Å². The van der Waals surface area contributed by atoms with E-state index in [1.54, 1.807) is 0 Å². The van der Waals surface area contributed by atoms with Gasteiger partial charge in [0.2, 0.25) is 0 Å². The van der Waals surface area contributed by atoms with Crippen molar-refractivity contribution >= 4 is 15.8 Å². The summed E-state index contributed by atoms with van der Waals surface area (Å²) in [4.78, 5) is 10.8. The first-order valence-electron chi connectivity index (χ1n) is 7.21. The largest absolute Gasteiger partial charge is 0.358 e. The molecule has 0 radical (unpaired) electrons. The van der Waals surface area contributed by atoms with Gasteiger partial charge in [0.1, 0.15) is 6.29 Å². The molecule has 3 atom stereocenters. The Balaban J connectivity index is 5.12. The van der Waals surface area contributed by atoms with Crippen molar-refractivity contribution in [3.63, 3.8) is 0 Å². The number of rotatable bonds is 6. The predicted octanol–water partition coefficient (Wildman–Crippen LogP) is 4.96.